The second kappa shape index (κ2) is 10.4. The lowest BCUT2D eigenvalue weighted by Gasteiger charge is -2.34. The highest BCUT2D eigenvalue weighted by atomic mass is 16.4. The van der Waals surface area contributed by atoms with Crippen molar-refractivity contribution in [2.75, 3.05) is 38.1 Å². The Balaban J connectivity index is 1.56. The minimum absolute atomic E-state index is 0.0518. The smallest absolute Gasteiger partial charge is 0.308 e. The number of rotatable bonds is 8. The summed E-state index contributed by atoms with van der Waals surface area (Å²) < 4.78 is 0. The van der Waals surface area contributed by atoms with Crippen molar-refractivity contribution in [2.24, 2.45) is 11.8 Å². The maximum atomic E-state index is 12.8. The van der Waals surface area contributed by atoms with Gasteiger partial charge in [-0.2, -0.15) is 0 Å². The third-order valence-electron chi connectivity index (χ3n) is 6.49. The van der Waals surface area contributed by atoms with Gasteiger partial charge in [-0.3, -0.25) is 14.4 Å². The van der Waals surface area contributed by atoms with Gasteiger partial charge in [-0.15, -0.1) is 0 Å². The molecule has 168 valence electrons. The van der Waals surface area contributed by atoms with E-state index in [2.05, 4.69) is 10.2 Å². The monoisotopic (exact) mass is 429 g/mol. The van der Waals surface area contributed by atoms with Crippen molar-refractivity contribution < 1.29 is 24.3 Å². The third kappa shape index (κ3) is 5.42. The Morgan fingerprint density at radius 2 is 1.74 bits per heavy atom. The number of likely N-dealkylation sites (tertiary alicyclic amines) is 1. The van der Waals surface area contributed by atoms with Crippen LogP contribution < -0.4 is 10.2 Å². The molecule has 2 heterocycles. The Morgan fingerprint density at radius 3 is 2.29 bits per heavy atom. The molecule has 1 aromatic carbocycles. The van der Waals surface area contributed by atoms with Crippen LogP contribution in [0, 0.1) is 11.8 Å². The number of piperidine rings is 1. The minimum atomic E-state index is -0.821. The zero-order valence-corrected chi connectivity index (χ0v) is 18.0. The number of hydrogen-bond acceptors (Lipinski definition) is 5. The van der Waals surface area contributed by atoms with E-state index < -0.39 is 11.9 Å². The summed E-state index contributed by atoms with van der Waals surface area (Å²) in [7, 11) is 1.60. The van der Waals surface area contributed by atoms with Gasteiger partial charge < -0.3 is 25.0 Å². The fourth-order valence-electron chi connectivity index (χ4n) is 4.58. The van der Waals surface area contributed by atoms with Crippen molar-refractivity contribution >= 4 is 29.8 Å². The van der Waals surface area contributed by atoms with Crippen LogP contribution in [0.15, 0.2) is 24.3 Å². The quantitative estimate of drug-likeness (QED) is 0.609. The number of benzene rings is 1. The van der Waals surface area contributed by atoms with Crippen LogP contribution in [0.3, 0.4) is 0 Å². The molecule has 2 fully saturated rings. The van der Waals surface area contributed by atoms with E-state index in [0.29, 0.717) is 32.4 Å². The van der Waals surface area contributed by atoms with Crippen molar-refractivity contribution in [1.82, 2.24) is 10.2 Å². The van der Waals surface area contributed by atoms with Gasteiger partial charge in [0.1, 0.15) is 6.29 Å². The van der Waals surface area contributed by atoms with Crippen molar-refractivity contribution in [3.63, 3.8) is 0 Å². The first-order valence-corrected chi connectivity index (χ1v) is 11.0. The summed E-state index contributed by atoms with van der Waals surface area (Å²) in [5.41, 5.74) is 1.94. The van der Waals surface area contributed by atoms with Gasteiger partial charge in [-0.25, -0.2) is 0 Å². The van der Waals surface area contributed by atoms with Gasteiger partial charge >= 0.3 is 5.97 Å². The Hall–Kier alpha value is -2.90. The number of aldehydes is 1. The van der Waals surface area contributed by atoms with Gasteiger partial charge in [0, 0.05) is 51.3 Å². The second-order valence-corrected chi connectivity index (χ2v) is 8.37. The van der Waals surface area contributed by atoms with Gasteiger partial charge in [0.2, 0.25) is 11.8 Å². The second-order valence-electron chi connectivity index (χ2n) is 8.37. The average molecular weight is 430 g/mol. The van der Waals surface area contributed by atoms with Crippen LogP contribution >= 0.6 is 0 Å². The van der Waals surface area contributed by atoms with E-state index in [-0.39, 0.29) is 23.7 Å². The molecule has 2 amide bonds. The largest absolute Gasteiger partial charge is 0.481 e. The van der Waals surface area contributed by atoms with Crippen LogP contribution in [-0.2, 0) is 19.2 Å². The summed E-state index contributed by atoms with van der Waals surface area (Å²) in [4.78, 5) is 50.7. The lowest BCUT2D eigenvalue weighted by molar-refractivity contribution is -0.141. The molecular weight excluding hydrogens is 398 g/mol. The van der Waals surface area contributed by atoms with E-state index in [1.165, 1.54) is 0 Å². The number of likely N-dealkylation sites (N-methyl/N-ethyl adjacent to an activating group) is 1. The lowest BCUT2D eigenvalue weighted by atomic mass is 9.92. The summed E-state index contributed by atoms with van der Waals surface area (Å²) in [6.45, 7) is 2.38. The van der Waals surface area contributed by atoms with Crippen LogP contribution in [0.2, 0.25) is 0 Å². The number of hydrogen-bond donors (Lipinski definition) is 2. The molecule has 0 saturated carbocycles. The molecular formula is C23H31N3O5. The molecule has 2 unspecified atom stereocenters. The predicted octanol–water partition coefficient (Wildman–Crippen LogP) is 1.64. The first-order chi connectivity index (χ1) is 14.9. The van der Waals surface area contributed by atoms with Crippen LogP contribution in [0.1, 0.15) is 43.6 Å². The number of amides is 2. The number of carboxylic acid groups (broad SMARTS) is 1. The molecule has 8 nitrogen and oxygen atoms in total. The topological polar surface area (TPSA) is 107 Å². The molecule has 8 heteroatoms. The van der Waals surface area contributed by atoms with Gasteiger partial charge in [0.15, 0.2) is 0 Å². The summed E-state index contributed by atoms with van der Waals surface area (Å²) in [5, 5.41) is 11.8. The minimum Gasteiger partial charge on any atom is -0.481 e. The van der Waals surface area contributed by atoms with Crippen LogP contribution in [-0.4, -0.2) is 67.3 Å². The highest BCUT2D eigenvalue weighted by Crippen LogP contribution is 2.29. The molecule has 0 aromatic heterocycles. The number of nitrogens with zero attached hydrogens (tertiary/aromatic N) is 2. The Bertz CT molecular complexity index is 802. The van der Waals surface area contributed by atoms with E-state index in [1.807, 2.05) is 24.3 Å². The number of carbonyl (C=O) groups is 4. The lowest BCUT2D eigenvalue weighted by Crippen LogP contribution is -2.42. The van der Waals surface area contributed by atoms with E-state index in [1.54, 1.807) is 11.9 Å². The molecule has 1 aromatic rings. The Kier molecular flexibility index (Phi) is 7.65. The number of carboxylic acids is 1. The summed E-state index contributed by atoms with van der Waals surface area (Å²) >= 11 is 0. The maximum Gasteiger partial charge on any atom is 0.308 e. The number of aliphatic carboxylic acids is 1. The average Bonchev–Trinajstić information content (AvgIpc) is 3.30. The maximum absolute atomic E-state index is 12.8. The first kappa shape index (κ1) is 22.8. The summed E-state index contributed by atoms with van der Waals surface area (Å²) in [5.74, 6) is -1.67. The fraction of sp³-hybridized carbons (Fsp3) is 0.565. The number of nitrogens with one attached hydrogen (secondary N) is 1. The normalized spacial score (nSPS) is 20.4. The van der Waals surface area contributed by atoms with Crippen molar-refractivity contribution in [3.8, 4) is 0 Å². The zero-order valence-electron chi connectivity index (χ0n) is 18.0. The van der Waals surface area contributed by atoms with E-state index >= 15 is 0 Å². The molecule has 0 spiro atoms. The molecule has 3 rings (SSSR count). The number of carbonyl (C=O) groups excluding carboxylic acids is 3. The molecule has 2 atom stereocenters. The standard InChI is InChI=1S/C23H31N3O5/c1-24-21(28)20(3-2-14-27)16-4-6-19(7-5-16)25-11-8-17(9-12-25)22(29)26-13-10-18(15-26)23(30)31/h4-7,14,17-18,20H,2-3,8-13,15H2,1H3,(H,24,28)(H,30,31). The van der Waals surface area contributed by atoms with Crippen LogP contribution in [0.25, 0.3) is 0 Å². The molecule has 2 saturated heterocycles. The first-order valence-electron chi connectivity index (χ1n) is 11.0. The van der Waals surface area contributed by atoms with Crippen LogP contribution in [0.4, 0.5) is 5.69 Å². The van der Waals surface area contributed by atoms with Crippen LogP contribution in [0.5, 0.6) is 0 Å². The van der Waals surface area contributed by atoms with Gasteiger partial charge in [-0.1, -0.05) is 12.1 Å². The molecule has 0 bridgehead atoms. The Labute approximate surface area is 182 Å². The summed E-state index contributed by atoms with van der Waals surface area (Å²) in [6.07, 6.45) is 3.68. The van der Waals surface area contributed by atoms with Crippen molar-refractivity contribution in [1.29, 1.82) is 0 Å². The van der Waals surface area contributed by atoms with Crippen molar-refractivity contribution in [2.45, 2.75) is 38.0 Å². The number of anilines is 1. The van der Waals surface area contributed by atoms with Gasteiger partial charge in [-0.05, 0) is 43.4 Å². The highest BCUT2D eigenvalue weighted by Gasteiger charge is 2.35. The van der Waals surface area contributed by atoms with E-state index in [0.717, 1.165) is 43.5 Å². The van der Waals surface area contributed by atoms with E-state index in [9.17, 15) is 19.2 Å². The van der Waals surface area contributed by atoms with E-state index in [4.69, 9.17) is 5.11 Å². The Morgan fingerprint density at radius 1 is 1.10 bits per heavy atom. The molecule has 0 aliphatic carbocycles. The predicted molar refractivity (Wildman–Crippen MR) is 116 cm³/mol. The van der Waals surface area contributed by atoms with Gasteiger partial charge in [0.25, 0.3) is 0 Å². The van der Waals surface area contributed by atoms with Gasteiger partial charge in [0.05, 0.1) is 11.8 Å². The molecule has 2 aliphatic rings. The zero-order chi connectivity index (χ0) is 22.4. The molecule has 2 aliphatic heterocycles. The molecule has 2 N–H and O–H groups in total. The SMILES string of the molecule is CNC(=O)C(CCC=O)c1ccc(N2CCC(C(=O)N3CCC(C(=O)O)C3)CC2)cc1. The third-order valence-corrected chi connectivity index (χ3v) is 6.49. The highest BCUT2D eigenvalue weighted by molar-refractivity contribution is 5.84. The molecule has 31 heavy (non-hydrogen) atoms. The summed E-state index contributed by atoms with van der Waals surface area (Å²) in [6, 6.07) is 7.86. The fourth-order valence-corrected chi connectivity index (χ4v) is 4.58. The molecule has 0 radical (unpaired) electrons. The van der Waals surface area contributed by atoms with Crippen molar-refractivity contribution in [3.05, 3.63) is 29.8 Å².